The van der Waals surface area contributed by atoms with Gasteiger partial charge >= 0.3 is 6.03 Å². The first-order chi connectivity index (χ1) is 10.6. The third-order valence-corrected chi connectivity index (χ3v) is 4.32. The number of nitrogens with one attached hydrogen (secondary N) is 1. The molecule has 2 atom stereocenters. The molecule has 120 valence electrons. The second-order valence-corrected chi connectivity index (χ2v) is 5.85. The second-order valence-electron chi connectivity index (χ2n) is 5.85. The number of ketones is 1. The Morgan fingerprint density at radius 3 is 2.86 bits per heavy atom. The fraction of sp³-hybridized carbons (Fsp3) is 0.529. The Balaban J connectivity index is 2.09. The lowest BCUT2D eigenvalue weighted by Gasteiger charge is -2.38. The molecular formula is C17H24N2O3. The average Bonchev–Trinajstić information content (AvgIpc) is 2.54. The Morgan fingerprint density at radius 1 is 1.41 bits per heavy atom. The molecular weight excluding hydrogens is 280 g/mol. The van der Waals surface area contributed by atoms with Gasteiger partial charge in [-0.05, 0) is 30.9 Å². The summed E-state index contributed by atoms with van der Waals surface area (Å²) in [7, 11) is 0. The molecule has 5 heteroatoms. The Morgan fingerprint density at radius 2 is 2.18 bits per heavy atom. The van der Waals surface area contributed by atoms with Crippen molar-refractivity contribution in [2.75, 3.05) is 18.5 Å². The lowest BCUT2D eigenvalue weighted by molar-refractivity contribution is 0.0811. The SMILES string of the molecule is CCC(=O)c1cccc(NC(=O)N2CCCC(C)C2CO)c1. The number of benzene rings is 1. The van der Waals surface area contributed by atoms with E-state index >= 15 is 0 Å². The van der Waals surface area contributed by atoms with Crippen LogP contribution in [0, 0.1) is 5.92 Å². The number of hydrogen-bond acceptors (Lipinski definition) is 3. The lowest BCUT2D eigenvalue weighted by Crippen LogP contribution is -2.51. The van der Waals surface area contributed by atoms with E-state index in [1.165, 1.54) is 0 Å². The number of hydrogen-bond donors (Lipinski definition) is 2. The van der Waals surface area contributed by atoms with Crippen LogP contribution >= 0.6 is 0 Å². The first-order valence-electron chi connectivity index (χ1n) is 7.88. The minimum Gasteiger partial charge on any atom is -0.394 e. The van der Waals surface area contributed by atoms with Crippen molar-refractivity contribution in [3.63, 3.8) is 0 Å². The van der Waals surface area contributed by atoms with Crippen molar-refractivity contribution in [2.45, 2.75) is 39.2 Å². The maximum Gasteiger partial charge on any atom is 0.322 e. The fourth-order valence-corrected chi connectivity index (χ4v) is 2.95. The minimum atomic E-state index is -0.216. The van der Waals surface area contributed by atoms with E-state index in [9.17, 15) is 14.7 Å². The predicted octanol–water partition coefficient (Wildman–Crippen LogP) is 2.90. The van der Waals surface area contributed by atoms with Gasteiger partial charge in [-0.3, -0.25) is 4.79 Å². The number of piperidine rings is 1. The standard InChI is InChI=1S/C17H24N2O3/c1-3-16(21)13-7-4-8-14(10-13)18-17(22)19-9-5-6-12(2)15(19)11-20/h4,7-8,10,12,15,20H,3,5-6,9,11H2,1-2H3,(H,18,22). The van der Waals surface area contributed by atoms with Crippen LogP contribution in [0.3, 0.4) is 0 Å². The van der Waals surface area contributed by atoms with Gasteiger partial charge in [-0.15, -0.1) is 0 Å². The van der Waals surface area contributed by atoms with Gasteiger partial charge in [0.2, 0.25) is 0 Å². The molecule has 1 aromatic carbocycles. The molecule has 1 aliphatic rings. The van der Waals surface area contributed by atoms with Crippen molar-refractivity contribution in [3.05, 3.63) is 29.8 Å². The molecule has 2 amide bonds. The first kappa shape index (κ1) is 16.5. The van der Waals surface area contributed by atoms with Crippen LogP contribution in [0.15, 0.2) is 24.3 Å². The highest BCUT2D eigenvalue weighted by molar-refractivity contribution is 5.98. The van der Waals surface area contributed by atoms with E-state index in [0.717, 1.165) is 12.8 Å². The van der Waals surface area contributed by atoms with Crippen LogP contribution in [0.4, 0.5) is 10.5 Å². The summed E-state index contributed by atoms with van der Waals surface area (Å²) >= 11 is 0. The first-order valence-corrected chi connectivity index (χ1v) is 7.88. The number of urea groups is 1. The largest absolute Gasteiger partial charge is 0.394 e. The number of Topliss-reactive ketones (excluding diaryl/α,β-unsaturated/α-hetero) is 1. The van der Waals surface area contributed by atoms with Gasteiger partial charge < -0.3 is 15.3 Å². The van der Waals surface area contributed by atoms with Crippen LogP contribution < -0.4 is 5.32 Å². The molecule has 0 aliphatic carbocycles. The second kappa shape index (κ2) is 7.40. The zero-order chi connectivity index (χ0) is 16.1. The van der Waals surface area contributed by atoms with E-state index in [-0.39, 0.29) is 30.4 Å². The van der Waals surface area contributed by atoms with Crippen LogP contribution in [0.25, 0.3) is 0 Å². The van der Waals surface area contributed by atoms with E-state index in [1.807, 2.05) is 6.92 Å². The molecule has 22 heavy (non-hydrogen) atoms. The van der Waals surface area contributed by atoms with E-state index < -0.39 is 0 Å². The van der Waals surface area contributed by atoms with Crippen molar-refractivity contribution in [1.29, 1.82) is 0 Å². The van der Waals surface area contributed by atoms with E-state index in [2.05, 4.69) is 12.2 Å². The molecule has 1 heterocycles. The summed E-state index contributed by atoms with van der Waals surface area (Å²) in [5.74, 6) is 0.341. The van der Waals surface area contributed by atoms with Gasteiger partial charge in [-0.2, -0.15) is 0 Å². The fourth-order valence-electron chi connectivity index (χ4n) is 2.95. The number of likely N-dealkylation sites (tertiary alicyclic amines) is 1. The van der Waals surface area contributed by atoms with Crippen molar-refractivity contribution in [2.24, 2.45) is 5.92 Å². The molecule has 0 saturated carbocycles. The average molecular weight is 304 g/mol. The van der Waals surface area contributed by atoms with E-state index in [0.29, 0.717) is 24.2 Å². The molecule has 1 fully saturated rings. The summed E-state index contributed by atoms with van der Waals surface area (Å²) in [5.41, 5.74) is 1.21. The van der Waals surface area contributed by atoms with Gasteiger partial charge in [0.15, 0.2) is 5.78 Å². The van der Waals surface area contributed by atoms with E-state index in [1.54, 1.807) is 29.2 Å². The molecule has 0 spiro atoms. The van der Waals surface area contributed by atoms with Gasteiger partial charge in [0.1, 0.15) is 0 Å². The molecule has 0 bridgehead atoms. The highest BCUT2D eigenvalue weighted by atomic mass is 16.3. The normalized spacial score (nSPS) is 21.5. The number of nitrogens with zero attached hydrogens (tertiary/aromatic N) is 1. The van der Waals surface area contributed by atoms with Crippen LogP contribution in [0.5, 0.6) is 0 Å². The van der Waals surface area contributed by atoms with Crippen molar-refractivity contribution >= 4 is 17.5 Å². The number of carbonyl (C=O) groups is 2. The summed E-state index contributed by atoms with van der Waals surface area (Å²) in [6, 6.07) is 6.62. The molecule has 0 aromatic heterocycles. The van der Waals surface area contributed by atoms with Gasteiger partial charge in [0.05, 0.1) is 12.6 Å². The smallest absolute Gasteiger partial charge is 0.322 e. The number of carbonyl (C=O) groups excluding carboxylic acids is 2. The maximum absolute atomic E-state index is 12.5. The van der Waals surface area contributed by atoms with Gasteiger partial charge in [-0.25, -0.2) is 4.79 Å². The zero-order valence-corrected chi connectivity index (χ0v) is 13.2. The predicted molar refractivity (Wildman–Crippen MR) is 86.1 cm³/mol. The molecule has 0 radical (unpaired) electrons. The van der Waals surface area contributed by atoms with Crippen LogP contribution in [-0.2, 0) is 0 Å². The maximum atomic E-state index is 12.5. The number of rotatable bonds is 4. The number of aliphatic hydroxyl groups excluding tert-OH is 1. The van der Waals surface area contributed by atoms with Crippen molar-refractivity contribution in [1.82, 2.24) is 4.90 Å². The van der Waals surface area contributed by atoms with E-state index in [4.69, 9.17) is 0 Å². The summed E-state index contributed by atoms with van der Waals surface area (Å²) in [5, 5.41) is 12.4. The van der Waals surface area contributed by atoms with Crippen LogP contribution in [0.1, 0.15) is 43.5 Å². The van der Waals surface area contributed by atoms with Gasteiger partial charge in [0.25, 0.3) is 0 Å². The molecule has 1 saturated heterocycles. The summed E-state index contributed by atoms with van der Waals surface area (Å²) in [4.78, 5) is 25.9. The Hall–Kier alpha value is -1.88. The third-order valence-electron chi connectivity index (χ3n) is 4.32. The van der Waals surface area contributed by atoms with Crippen LogP contribution in [-0.4, -0.2) is 41.0 Å². The Kier molecular flexibility index (Phi) is 5.55. The van der Waals surface area contributed by atoms with Crippen molar-refractivity contribution < 1.29 is 14.7 Å². The highest BCUT2D eigenvalue weighted by Crippen LogP contribution is 2.24. The summed E-state index contributed by atoms with van der Waals surface area (Å²) in [6.07, 6.45) is 2.41. The minimum absolute atomic E-state index is 0.0249. The molecule has 2 rings (SSSR count). The van der Waals surface area contributed by atoms with Crippen LogP contribution in [0.2, 0.25) is 0 Å². The van der Waals surface area contributed by atoms with Crippen molar-refractivity contribution in [3.8, 4) is 0 Å². The monoisotopic (exact) mass is 304 g/mol. The molecule has 1 aliphatic heterocycles. The lowest BCUT2D eigenvalue weighted by atomic mass is 9.91. The summed E-state index contributed by atoms with van der Waals surface area (Å²) < 4.78 is 0. The highest BCUT2D eigenvalue weighted by Gasteiger charge is 2.31. The summed E-state index contributed by atoms with van der Waals surface area (Å²) in [6.45, 7) is 4.49. The number of aliphatic hydroxyl groups is 1. The topological polar surface area (TPSA) is 69.6 Å². The molecule has 2 N–H and O–H groups in total. The zero-order valence-electron chi connectivity index (χ0n) is 13.2. The number of amides is 2. The molecule has 2 unspecified atom stereocenters. The third kappa shape index (κ3) is 3.65. The Labute approximate surface area is 131 Å². The molecule has 5 nitrogen and oxygen atoms in total. The quantitative estimate of drug-likeness (QED) is 0.840. The van der Waals surface area contributed by atoms with Gasteiger partial charge in [0, 0.05) is 24.2 Å². The van der Waals surface area contributed by atoms with Gasteiger partial charge in [-0.1, -0.05) is 26.0 Å². The Bertz CT molecular complexity index is 544. The number of anilines is 1. The molecule has 1 aromatic rings.